The molecule has 2 fully saturated rings. The van der Waals surface area contributed by atoms with Crippen LogP contribution < -0.4 is 5.73 Å². The molecule has 2 aliphatic rings. The van der Waals surface area contributed by atoms with E-state index in [9.17, 15) is 4.79 Å². The molecule has 1 saturated heterocycles. The molecule has 0 bridgehead atoms. The average Bonchev–Trinajstić information content (AvgIpc) is 3.18. The second kappa shape index (κ2) is 5.77. The minimum Gasteiger partial charge on any atom is -0.465 e. The van der Waals surface area contributed by atoms with Crippen LogP contribution in [0.2, 0.25) is 0 Å². The first-order valence-corrected chi connectivity index (χ1v) is 7.36. The van der Waals surface area contributed by atoms with Crippen molar-refractivity contribution in [1.82, 2.24) is 9.80 Å². The Balaban J connectivity index is 1.99. The van der Waals surface area contributed by atoms with E-state index in [0.717, 1.165) is 32.5 Å². The number of rotatable bonds is 5. The maximum Gasteiger partial charge on any atom is 0.327 e. The van der Waals surface area contributed by atoms with E-state index in [4.69, 9.17) is 10.5 Å². The van der Waals surface area contributed by atoms with Gasteiger partial charge in [-0.1, -0.05) is 0 Å². The topological polar surface area (TPSA) is 58.8 Å². The molecule has 1 heterocycles. The molecule has 2 atom stereocenters. The molecular weight excluding hydrogens is 242 g/mol. The van der Waals surface area contributed by atoms with Gasteiger partial charge >= 0.3 is 5.97 Å². The predicted octanol–water partition coefficient (Wildman–Crippen LogP) is 0.293. The summed E-state index contributed by atoms with van der Waals surface area (Å²) in [7, 11) is 2.14. The highest BCUT2D eigenvalue weighted by molar-refractivity contribution is 5.82. The number of ether oxygens (including phenoxy) is 1. The number of likely N-dealkylation sites (N-methyl/N-ethyl adjacent to an activating group) is 1. The van der Waals surface area contributed by atoms with Gasteiger partial charge in [0.15, 0.2) is 0 Å². The molecule has 2 N–H and O–H groups in total. The third-order valence-corrected chi connectivity index (χ3v) is 4.49. The van der Waals surface area contributed by atoms with Crippen molar-refractivity contribution in [3.63, 3.8) is 0 Å². The molecular formula is C14H27N3O2. The van der Waals surface area contributed by atoms with E-state index in [1.54, 1.807) is 0 Å². The summed E-state index contributed by atoms with van der Waals surface area (Å²) in [4.78, 5) is 16.8. The van der Waals surface area contributed by atoms with Crippen LogP contribution in [0.5, 0.6) is 0 Å². The second-order valence-electron chi connectivity index (χ2n) is 6.10. The fourth-order valence-corrected chi connectivity index (χ4v) is 2.86. The molecule has 0 aromatic carbocycles. The monoisotopic (exact) mass is 269 g/mol. The van der Waals surface area contributed by atoms with E-state index in [-0.39, 0.29) is 5.97 Å². The molecule has 1 aliphatic heterocycles. The summed E-state index contributed by atoms with van der Waals surface area (Å²) in [6.45, 7) is 8.07. The van der Waals surface area contributed by atoms with E-state index >= 15 is 0 Å². The van der Waals surface area contributed by atoms with Crippen LogP contribution in [0, 0.1) is 5.92 Å². The average molecular weight is 269 g/mol. The Morgan fingerprint density at radius 2 is 2.11 bits per heavy atom. The van der Waals surface area contributed by atoms with Gasteiger partial charge in [0, 0.05) is 32.2 Å². The van der Waals surface area contributed by atoms with Gasteiger partial charge in [0.05, 0.1) is 6.61 Å². The van der Waals surface area contributed by atoms with Gasteiger partial charge in [0.2, 0.25) is 0 Å². The SMILES string of the molecule is CCOC(=O)C(N)(CN1CCN(C)C(C)C1)C1CC1. The molecule has 0 spiro atoms. The highest BCUT2D eigenvalue weighted by Gasteiger charge is 2.50. The Labute approximate surface area is 116 Å². The number of nitrogens with two attached hydrogens (primary N) is 1. The van der Waals surface area contributed by atoms with Crippen molar-refractivity contribution in [2.75, 3.05) is 39.8 Å². The lowest BCUT2D eigenvalue weighted by Gasteiger charge is -2.41. The molecule has 19 heavy (non-hydrogen) atoms. The zero-order valence-electron chi connectivity index (χ0n) is 12.4. The smallest absolute Gasteiger partial charge is 0.327 e. The molecule has 0 radical (unpaired) electrons. The molecule has 110 valence electrons. The van der Waals surface area contributed by atoms with Gasteiger partial charge in [-0.15, -0.1) is 0 Å². The van der Waals surface area contributed by atoms with Crippen LogP contribution in [0.1, 0.15) is 26.7 Å². The Morgan fingerprint density at radius 1 is 1.42 bits per heavy atom. The molecule has 0 aromatic heterocycles. The van der Waals surface area contributed by atoms with Crippen molar-refractivity contribution in [2.45, 2.75) is 38.3 Å². The van der Waals surface area contributed by atoms with Crippen molar-refractivity contribution < 1.29 is 9.53 Å². The van der Waals surface area contributed by atoms with Gasteiger partial charge in [-0.2, -0.15) is 0 Å². The number of esters is 1. The Hall–Kier alpha value is -0.650. The summed E-state index contributed by atoms with van der Waals surface area (Å²) in [6.07, 6.45) is 2.11. The third-order valence-electron chi connectivity index (χ3n) is 4.49. The minimum absolute atomic E-state index is 0.218. The van der Waals surface area contributed by atoms with Crippen molar-refractivity contribution in [2.24, 2.45) is 11.7 Å². The lowest BCUT2D eigenvalue weighted by Crippen LogP contribution is -2.62. The Kier molecular flexibility index (Phi) is 4.48. The quantitative estimate of drug-likeness (QED) is 0.727. The highest BCUT2D eigenvalue weighted by Crippen LogP contribution is 2.39. The molecule has 5 nitrogen and oxygen atoms in total. The number of nitrogens with zero attached hydrogens (tertiary/aromatic N) is 2. The van der Waals surface area contributed by atoms with Crippen LogP contribution in [-0.2, 0) is 9.53 Å². The van der Waals surface area contributed by atoms with Crippen LogP contribution in [0.25, 0.3) is 0 Å². The number of hydrogen-bond donors (Lipinski definition) is 1. The zero-order valence-corrected chi connectivity index (χ0v) is 12.4. The number of hydrogen-bond acceptors (Lipinski definition) is 5. The first-order valence-electron chi connectivity index (χ1n) is 7.36. The largest absolute Gasteiger partial charge is 0.465 e. The fourth-order valence-electron chi connectivity index (χ4n) is 2.86. The van der Waals surface area contributed by atoms with E-state index in [1.165, 1.54) is 0 Å². The lowest BCUT2D eigenvalue weighted by molar-refractivity contribution is -0.151. The van der Waals surface area contributed by atoms with Gasteiger partial charge in [0.25, 0.3) is 0 Å². The lowest BCUT2D eigenvalue weighted by atomic mass is 9.93. The van der Waals surface area contributed by atoms with Crippen LogP contribution in [0.15, 0.2) is 0 Å². The maximum atomic E-state index is 12.2. The number of carbonyl (C=O) groups is 1. The van der Waals surface area contributed by atoms with Gasteiger partial charge < -0.3 is 15.4 Å². The van der Waals surface area contributed by atoms with Gasteiger partial charge in [-0.05, 0) is 39.7 Å². The third kappa shape index (κ3) is 3.27. The molecule has 0 amide bonds. The molecule has 2 unspecified atom stereocenters. The van der Waals surface area contributed by atoms with Crippen molar-refractivity contribution in [1.29, 1.82) is 0 Å². The number of carbonyl (C=O) groups excluding carboxylic acids is 1. The zero-order chi connectivity index (χ0) is 14.0. The summed E-state index contributed by atoms with van der Waals surface area (Å²) in [6, 6.07) is 0.513. The number of piperazine rings is 1. The van der Waals surface area contributed by atoms with Crippen molar-refractivity contribution in [3.8, 4) is 0 Å². The first-order chi connectivity index (χ1) is 8.97. The second-order valence-corrected chi connectivity index (χ2v) is 6.10. The molecule has 1 aliphatic carbocycles. The van der Waals surface area contributed by atoms with Gasteiger partial charge in [-0.3, -0.25) is 4.90 Å². The summed E-state index contributed by atoms with van der Waals surface area (Å²) in [5.41, 5.74) is 5.61. The standard InChI is InChI=1S/C14H27N3O2/c1-4-19-13(18)14(15,12-5-6-12)10-17-8-7-16(3)11(2)9-17/h11-12H,4-10,15H2,1-3H3. The summed E-state index contributed by atoms with van der Waals surface area (Å²) in [5, 5.41) is 0. The predicted molar refractivity (Wildman–Crippen MR) is 74.8 cm³/mol. The molecule has 0 aromatic rings. The van der Waals surface area contributed by atoms with Crippen molar-refractivity contribution >= 4 is 5.97 Å². The van der Waals surface area contributed by atoms with E-state index in [2.05, 4.69) is 23.8 Å². The van der Waals surface area contributed by atoms with Gasteiger partial charge in [-0.25, -0.2) is 4.79 Å². The highest BCUT2D eigenvalue weighted by atomic mass is 16.5. The van der Waals surface area contributed by atoms with Crippen LogP contribution in [-0.4, -0.2) is 67.2 Å². The Bertz CT molecular complexity index is 333. The minimum atomic E-state index is -0.800. The van der Waals surface area contributed by atoms with Crippen LogP contribution >= 0.6 is 0 Å². The van der Waals surface area contributed by atoms with Gasteiger partial charge in [0.1, 0.15) is 5.54 Å². The Morgan fingerprint density at radius 3 is 2.63 bits per heavy atom. The molecule has 1 saturated carbocycles. The normalized spacial score (nSPS) is 28.9. The van der Waals surface area contributed by atoms with Crippen LogP contribution in [0.4, 0.5) is 0 Å². The molecule has 2 rings (SSSR count). The van der Waals surface area contributed by atoms with E-state index < -0.39 is 5.54 Å². The summed E-state index contributed by atoms with van der Waals surface area (Å²) in [5.74, 6) is 0.0885. The van der Waals surface area contributed by atoms with E-state index in [1.807, 2.05) is 6.92 Å². The fraction of sp³-hybridized carbons (Fsp3) is 0.929. The van der Waals surface area contributed by atoms with Crippen molar-refractivity contribution in [3.05, 3.63) is 0 Å². The van der Waals surface area contributed by atoms with E-state index in [0.29, 0.717) is 25.1 Å². The maximum absolute atomic E-state index is 12.2. The first kappa shape index (κ1) is 14.8. The summed E-state index contributed by atoms with van der Waals surface area (Å²) < 4.78 is 5.20. The molecule has 5 heteroatoms. The summed E-state index contributed by atoms with van der Waals surface area (Å²) >= 11 is 0. The van der Waals surface area contributed by atoms with Crippen LogP contribution in [0.3, 0.4) is 0 Å².